The molecule has 0 bridgehead atoms. The molecule has 2 rings (SSSR count). The van der Waals surface area contributed by atoms with E-state index in [1.165, 1.54) is 18.7 Å². The summed E-state index contributed by atoms with van der Waals surface area (Å²) in [7, 11) is -2.25. The summed E-state index contributed by atoms with van der Waals surface area (Å²) < 4.78 is 32.2. The highest BCUT2D eigenvalue weighted by atomic mass is 32.2. The average molecular weight is 405 g/mol. The van der Waals surface area contributed by atoms with Crippen LogP contribution in [0.25, 0.3) is 0 Å². The van der Waals surface area contributed by atoms with Gasteiger partial charge in [0.15, 0.2) is 0 Å². The Morgan fingerprint density at radius 1 is 1.14 bits per heavy atom. The number of hydrogen-bond acceptors (Lipinski definition) is 4. The molecular formula is C21H28N2O4S. The third kappa shape index (κ3) is 5.11. The van der Waals surface area contributed by atoms with Crippen LogP contribution in [0.4, 0.5) is 5.69 Å². The van der Waals surface area contributed by atoms with Crippen molar-refractivity contribution >= 4 is 21.6 Å². The summed E-state index contributed by atoms with van der Waals surface area (Å²) >= 11 is 0. The number of ether oxygens (including phenoxy) is 1. The van der Waals surface area contributed by atoms with Gasteiger partial charge in [-0.3, -0.25) is 4.79 Å². The molecule has 0 radical (unpaired) electrons. The first-order chi connectivity index (χ1) is 13.2. The fourth-order valence-corrected chi connectivity index (χ4v) is 4.33. The highest BCUT2D eigenvalue weighted by molar-refractivity contribution is 7.89. The van der Waals surface area contributed by atoms with Crippen molar-refractivity contribution in [3.63, 3.8) is 0 Å². The van der Waals surface area contributed by atoms with Crippen LogP contribution in [-0.2, 0) is 14.8 Å². The number of methoxy groups -OCH3 is 1. The lowest BCUT2D eigenvalue weighted by molar-refractivity contribution is -0.116. The molecule has 0 unspecified atom stereocenters. The lowest BCUT2D eigenvalue weighted by Crippen LogP contribution is -2.37. The van der Waals surface area contributed by atoms with Gasteiger partial charge in [-0.1, -0.05) is 32.9 Å². The van der Waals surface area contributed by atoms with Gasteiger partial charge in [0.1, 0.15) is 5.75 Å². The number of benzene rings is 2. The fourth-order valence-electron chi connectivity index (χ4n) is 2.84. The second-order valence-corrected chi connectivity index (χ2v) is 8.83. The van der Waals surface area contributed by atoms with Crippen LogP contribution in [0, 0.1) is 6.92 Å². The molecular weight excluding hydrogens is 376 g/mol. The Kier molecular flexibility index (Phi) is 7.21. The monoisotopic (exact) mass is 404 g/mol. The molecule has 0 spiro atoms. The van der Waals surface area contributed by atoms with Crippen molar-refractivity contribution in [3.05, 3.63) is 53.6 Å². The Bertz CT molecular complexity index is 922. The summed E-state index contributed by atoms with van der Waals surface area (Å²) in [5.41, 5.74) is 2.53. The zero-order valence-corrected chi connectivity index (χ0v) is 17.8. The fraction of sp³-hybridized carbons (Fsp3) is 0.381. The third-order valence-corrected chi connectivity index (χ3v) is 6.45. The number of nitrogens with zero attached hydrogens (tertiary/aromatic N) is 1. The summed E-state index contributed by atoms with van der Waals surface area (Å²) in [6.45, 7) is 7.61. The van der Waals surface area contributed by atoms with Gasteiger partial charge in [-0.25, -0.2) is 8.42 Å². The van der Waals surface area contributed by atoms with Crippen LogP contribution in [0.3, 0.4) is 0 Å². The van der Waals surface area contributed by atoms with Gasteiger partial charge < -0.3 is 10.1 Å². The summed E-state index contributed by atoms with van der Waals surface area (Å²) in [5.74, 6) is 0.635. The highest BCUT2D eigenvalue weighted by Gasteiger charge is 2.26. The van der Waals surface area contributed by atoms with Gasteiger partial charge in [0.05, 0.1) is 18.6 Å². The summed E-state index contributed by atoms with van der Waals surface area (Å²) in [4.78, 5) is 12.5. The zero-order valence-electron chi connectivity index (χ0n) is 17.0. The Hall–Kier alpha value is -2.38. The number of amides is 1. The first kappa shape index (κ1) is 21.9. The predicted molar refractivity (Wildman–Crippen MR) is 111 cm³/mol. The molecule has 0 aliphatic rings. The second kappa shape index (κ2) is 9.21. The van der Waals surface area contributed by atoms with E-state index >= 15 is 0 Å². The molecule has 6 nitrogen and oxygen atoms in total. The number of anilines is 1. The lowest BCUT2D eigenvalue weighted by atomic mass is 10.0. The van der Waals surface area contributed by atoms with E-state index in [2.05, 4.69) is 19.2 Å². The first-order valence-corrected chi connectivity index (χ1v) is 10.7. The van der Waals surface area contributed by atoms with E-state index in [0.717, 1.165) is 4.31 Å². The molecule has 0 fully saturated rings. The molecule has 0 saturated heterocycles. The minimum Gasteiger partial charge on any atom is -0.496 e. The van der Waals surface area contributed by atoms with E-state index in [-0.39, 0.29) is 23.9 Å². The molecule has 7 heteroatoms. The molecule has 0 atom stereocenters. The van der Waals surface area contributed by atoms with E-state index in [0.29, 0.717) is 22.9 Å². The Morgan fingerprint density at radius 3 is 2.29 bits per heavy atom. The normalized spacial score (nSPS) is 11.7. The van der Waals surface area contributed by atoms with E-state index in [9.17, 15) is 13.2 Å². The van der Waals surface area contributed by atoms with E-state index in [1.54, 1.807) is 26.0 Å². The summed E-state index contributed by atoms with van der Waals surface area (Å²) in [6, 6.07) is 12.2. The largest absolute Gasteiger partial charge is 0.496 e. The van der Waals surface area contributed by atoms with Crippen molar-refractivity contribution < 1.29 is 17.9 Å². The number of aryl methyl sites for hydroxylation is 1. The maximum atomic E-state index is 12.9. The van der Waals surface area contributed by atoms with Crippen LogP contribution >= 0.6 is 0 Å². The van der Waals surface area contributed by atoms with Crippen LogP contribution in [0.15, 0.2) is 47.4 Å². The maximum Gasteiger partial charge on any atom is 0.243 e. The number of rotatable bonds is 8. The molecule has 1 N–H and O–H groups in total. The minimum absolute atomic E-state index is 0.140. The van der Waals surface area contributed by atoms with Crippen molar-refractivity contribution in [2.24, 2.45) is 0 Å². The lowest BCUT2D eigenvalue weighted by Gasteiger charge is -2.20. The van der Waals surface area contributed by atoms with Gasteiger partial charge in [-0.15, -0.1) is 0 Å². The third-order valence-electron chi connectivity index (χ3n) is 4.54. The standard InChI is InChI=1S/C21H28N2O4S/c1-6-23(28(25,26)19-11-12-20(27-5)16(4)13-19)14-21(24)22-18-9-7-17(8-10-18)15(2)3/h7-13,15H,6,14H2,1-5H3,(H,22,24). The Balaban J connectivity index is 2.13. The smallest absolute Gasteiger partial charge is 0.243 e. The highest BCUT2D eigenvalue weighted by Crippen LogP contribution is 2.24. The average Bonchev–Trinajstić information content (AvgIpc) is 2.66. The van der Waals surface area contributed by atoms with Crippen LogP contribution < -0.4 is 10.1 Å². The summed E-state index contributed by atoms with van der Waals surface area (Å²) in [6.07, 6.45) is 0. The van der Waals surface area contributed by atoms with Gasteiger partial charge in [-0.05, 0) is 54.3 Å². The van der Waals surface area contributed by atoms with Crippen molar-refractivity contribution in [3.8, 4) is 5.75 Å². The zero-order chi connectivity index (χ0) is 20.9. The van der Waals surface area contributed by atoms with Gasteiger partial charge in [0, 0.05) is 12.2 Å². The minimum atomic E-state index is -3.79. The molecule has 0 saturated carbocycles. The number of likely N-dealkylation sites (N-methyl/N-ethyl adjacent to an activating group) is 1. The number of nitrogens with one attached hydrogen (secondary N) is 1. The molecule has 0 aliphatic carbocycles. The Morgan fingerprint density at radius 2 is 1.79 bits per heavy atom. The van der Waals surface area contributed by atoms with Crippen LogP contribution in [0.2, 0.25) is 0 Å². The van der Waals surface area contributed by atoms with Crippen LogP contribution in [-0.4, -0.2) is 38.8 Å². The van der Waals surface area contributed by atoms with Crippen molar-refractivity contribution in [2.45, 2.75) is 38.5 Å². The van der Waals surface area contributed by atoms with Gasteiger partial charge in [0.25, 0.3) is 0 Å². The molecule has 1 amide bonds. The predicted octanol–water partition coefficient (Wildman–Crippen LogP) is 3.78. The molecule has 152 valence electrons. The van der Waals surface area contributed by atoms with E-state index < -0.39 is 10.0 Å². The van der Waals surface area contributed by atoms with Gasteiger partial charge >= 0.3 is 0 Å². The summed E-state index contributed by atoms with van der Waals surface area (Å²) in [5, 5.41) is 2.76. The van der Waals surface area contributed by atoms with Gasteiger partial charge in [-0.2, -0.15) is 4.31 Å². The number of carbonyl (C=O) groups excluding carboxylic acids is 1. The number of carbonyl (C=O) groups is 1. The van der Waals surface area contributed by atoms with E-state index in [1.807, 2.05) is 24.3 Å². The number of hydrogen-bond donors (Lipinski definition) is 1. The maximum absolute atomic E-state index is 12.9. The molecule has 0 aliphatic heterocycles. The second-order valence-electron chi connectivity index (χ2n) is 6.89. The van der Waals surface area contributed by atoms with E-state index in [4.69, 9.17) is 4.74 Å². The molecule has 28 heavy (non-hydrogen) atoms. The topological polar surface area (TPSA) is 75.7 Å². The van der Waals surface area contributed by atoms with Crippen molar-refractivity contribution in [1.29, 1.82) is 0 Å². The number of sulfonamides is 1. The SMILES string of the molecule is CCN(CC(=O)Nc1ccc(C(C)C)cc1)S(=O)(=O)c1ccc(OC)c(C)c1. The van der Waals surface area contributed by atoms with Crippen LogP contribution in [0.5, 0.6) is 5.75 Å². The molecule has 0 aromatic heterocycles. The molecule has 2 aromatic rings. The molecule has 0 heterocycles. The Labute approximate surface area is 167 Å². The van der Waals surface area contributed by atoms with Gasteiger partial charge in [0.2, 0.25) is 15.9 Å². The van der Waals surface area contributed by atoms with Crippen molar-refractivity contribution in [2.75, 3.05) is 25.5 Å². The quantitative estimate of drug-likeness (QED) is 0.727. The van der Waals surface area contributed by atoms with Crippen molar-refractivity contribution in [1.82, 2.24) is 4.31 Å². The molecule has 2 aromatic carbocycles. The first-order valence-electron chi connectivity index (χ1n) is 9.23. The van der Waals surface area contributed by atoms with Crippen LogP contribution in [0.1, 0.15) is 37.8 Å².